The van der Waals surface area contributed by atoms with Crippen LogP contribution in [0.15, 0.2) is 72.8 Å². The molecule has 0 aliphatic rings. The number of hydrogen-bond acceptors (Lipinski definition) is 2. The van der Waals surface area contributed by atoms with Crippen molar-refractivity contribution in [3.8, 4) is 28.1 Å². The van der Waals surface area contributed by atoms with Gasteiger partial charge in [-0.1, -0.05) is 61.9 Å². The quantitative estimate of drug-likeness (QED) is 0.252. The van der Waals surface area contributed by atoms with Crippen LogP contribution in [-0.4, -0.2) is 11.6 Å². The number of benzene rings is 3. The summed E-state index contributed by atoms with van der Waals surface area (Å²) in [7, 11) is 0. The van der Waals surface area contributed by atoms with E-state index in [-0.39, 0.29) is 22.6 Å². The fourth-order valence-corrected chi connectivity index (χ4v) is 3.09. The van der Waals surface area contributed by atoms with Crippen LogP contribution in [0.2, 0.25) is 0 Å². The molecule has 29 heavy (non-hydrogen) atoms. The summed E-state index contributed by atoms with van der Waals surface area (Å²) >= 11 is 0. The number of nitrogens with zero attached hydrogens (tertiary/aromatic N) is 1. The molecular formula is C25H21CoFNO-. The van der Waals surface area contributed by atoms with Gasteiger partial charge in [0.1, 0.15) is 5.75 Å². The Bertz CT molecular complexity index is 1080. The largest absolute Gasteiger partial charge is 0.494 e. The van der Waals surface area contributed by atoms with Gasteiger partial charge in [-0.15, -0.1) is 17.5 Å². The van der Waals surface area contributed by atoms with Crippen molar-refractivity contribution in [3.05, 3.63) is 84.7 Å². The maximum Gasteiger partial charge on any atom is 0.119 e. The molecule has 0 unspecified atom stereocenters. The maximum atomic E-state index is 13.3. The van der Waals surface area contributed by atoms with Gasteiger partial charge in [-0.3, -0.25) is 0 Å². The van der Waals surface area contributed by atoms with Crippen LogP contribution in [0, 0.1) is 11.9 Å². The van der Waals surface area contributed by atoms with Crippen molar-refractivity contribution in [2.24, 2.45) is 0 Å². The zero-order chi connectivity index (χ0) is 19.3. The summed E-state index contributed by atoms with van der Waals surface area (Å²) in [6.45, 7) is 2.91. The summed E-state index contributed by atoms with van der Waals surface area (Å²) < 4.78 is 19.0. The molecule has 1 radical (unpaired) electrons. The molecule has 0 spiro atoms. The van der Waals surface area contributed by atoms with Gasteiger partial charge in [0.2, 0.25) is 0 Å². The van der Waals surface area contributed by atoms with E-state index in [9.17, 15) is 4.39 Å². The van der Waals surface area contributed by atoms with Gasteiger partial charge in [0.15, 0.2) is 0 Å². The van der Waals surface area contributed by atoms with E-state index in [1.54, 1.807) is 12.1 Å². The minimum Gasteiger partial charge on any atom is -0.494 e. The average Bonchev–Trinajstić information content (AvgIpc) is 2.74. The SMILES string of the molecule is CCCCOc1ccc(-c2ccc(-c3c[c-]c4cc(F)ccc4n3)cc2)cc1.[Co]. The topological polar surface area (TPSA) is 22.1 Å². The van der Waals surface area contributed by atoms with Gasteiger partial charge < -0.3 is 9.72 Å². The summed E-state index contributed by atoms with van der Waals surface area (Å²) in [5.41, 5.74) is 4.84. The molecule has 0 aliphatic carbocycles. The van der Waals surface area contributed by atoms with E-state index in [0.717, 1.165) is 53.1 Å². The fraction of sp³-hybridized carbons (Fsp3) is 0.160. The monoisotopic (exact) mass is 429 g/mol. The van der Waals surface area contributed by atoms with Gasteiger partial charge in [-0.25, -0.2) is 4.39 Å². The van der Waals surface area contributed by atoms with Crippen molar-refractivity contribution >= 4 is 10.9 Å². The predicted molar refractivity (Wildman–Crippen MR) is 112 cm³/mol. The first-order chi connectivity index (χ1) is 13.7. The number of aromatic nitrogens is 1. The van der Waals surface area contributed by atoms with Crippen LogP contribution < -0.4 is 4.74 Å². The molecule has 0 N–H and O–H groups in total. The number of unbranched alkanes of at least 4 members (excludes halogenated alkanes) is 1. The van der Waals surface area contributed by atoms with Gasteiger partial charge in [0.25, 0.3) is 0 Å². The number of fused-ring (bicyclic) bond motifs is 1. The van der Waals surface area contributed by atoms with E-state index in [1.807, 2.05) is 24.3 Å². The molecule has 0 aliphatic heterocycles. The van der Waals surface area contributed by atoms with Gasteiger partial charge >= 0.3 is 0 Å². The Kier molecular flexibility index (Phi) is 7.02. The average molecular weight is 429 g/mol. The molecule has 0 atom stereocenters. The van der Waals surface area contributed by atoms with Crippen molar-refractivity contribution in [1.82, 2.24) is 4.98 Å². The van der Waals surface area contributed by atoms with Crippen molar-refractivity contribution in [2.75, 3.05) is 6.61 Å². The molecule has 2 nitrogen and oxygen atoms in total. The third kappa shape index (κ3) is 5.02. The second kappa shape index (κ2) is 9.68. The number of rotatable bonds is 6. The van der Waals surface area contributed by atoms with Crippen LogP contribution in [0.4, 0.5) is 4.39 Å². The van der Waals surface area contributed by atoms with Crippen LogP contribution in [0.3, 0.4) is 0 Å². The molecule has 149 valence electrons. The zero-order valence-electron chi connectivity index (χ0n) is 16.1. The first-order valence-corrected chi connectivity index (χ1v) is 9.54. The smallest absolute Gasteiger partial charge is 0.119 e. The van der Waals surface area contributed by atoms with Gasteiger partial charge in [0.05, 0.1) is 12.4 Å². The van der Waals surface area contributed by atoms with E-state index in [2.05, 4.69) is 42.2 Å². The third-order valence-corrected chi connectivity index (χ3v) is 4.70. The Hall–Kier alpha value is -2.69. The number of ether oxygens (including phenoxy) is 1. The fourth-order valence-electron chi connectivity index (χ4n) is 3.09. The summed E-state index contributed by atoms with van der Waals surface area (Å²) in [4.78, 5) is 4.62. The third-order valence-electron chi connectivity index (χ3n) is 4.70. The number of pyridine rings is 1. The Labute approximate surface area is 181 Å². The Morgan fingerprint density at radius 2 is 1.55 bits per heavy atom. The molecule has 1 heterocycles. The van der Waals surface area contributed by atoms with E-state index in [0.29, 0.717) is 5.39 Å². The van der Waals surface area contributed by atoms with Crippen molar-refractivity contribution in [2.45, 2.75) is 19.8 Å². The standard InChI is InChI=1S/C25H21FNO.Co/c1-2-3-16-28-23-12-8-19(9-13-23)18-4-6-20(7-5-18)24-14-10-21-17-22(26)11-15-25(21)27-24;/h4-9,11-15,17H,2-3,16H2,1H3;/q-1;. The Morgan fingerprint density at radius 3 is 2.24 bits per heavy atom. The number of hydrogen-bond donors (Lipinski definition) is 0. The maximum absolute atomic E-state index is 13.3. The minimum absolute atomic E-state index is 0. The molecule has 0 saturated heterocycles. The summed E-state index contributed by atoms with van der Waals surface area (Å²) in [5.74, 6) is 0.630. The molecular weight excluding hydrogens is 408 g/mol. The van der Waals surface area contributed by atoms with Crippen LogP contribution in [0.5, 0.6) is 5.75 Å². The first kappa shape index (κ1) is 21.0. The van der Waals surface area contributed by atoms with E-state index in [4.69, 9.17) is 4.74 Å². The van der Waals surface area contributed by atoms with Gasteiger partial charge in [-0.05, 0) is 52.5 Å². The van der Waals surface area contributed by atoms with Gasteiger partial charge in [0, 0.05) is 16.8 Å². The minimum atomic E-state index is -0.274. The molecule has 3 aromatic carbocycles. The first-order valence-electron chi connectivity index (χ1n) is 9.54. The molecule has 0 saturated carbocycles. The summed E-state index contributed by atoms with van der Waals surface area (Å²) in [5, 5.41) is 0.682. The molecule has 0 bridgehead atoms. The van der Waals surface area contributed by atoms with Crippen molar-refractivity contribution in [3.63, 3.8) is 0 Å². The second-order valence-electron chi connectivity index (χ2n) is 6.75. The zero-order valence-corrected chi connectivity index (χ0v) is 17.2. The molecule has 4 heteroatoms. The van der Waals surface area contributed by atoms with Crippen LogP contribution in [0.1, 0.15) is 19.8 Å². The molecule has 1 aromatic heterocycles. The van der Waals surface area contributed by atoms with E-state index in [1.165, 1.54) is 12.1 Å². The summed E-state index contributed by atoms with van der Waals surface area (Å²) in [6, 6.07) is 25.9. The molecule has 0 amide bonds. The van der Waals surface area contributed by atoms with E-state index < -0.39 is 0 Å². The molecule has 4 aromatic rings. The Balaban J connectivity index is 0.00000240. The predicted octanol–water partition coefficient (Wildman–Crippen LogP) is 6.68. The van der Waals surface area contributed by atoms with E-state index >= 15 is 0 Å². The Morgan fingerprint density at radius 1 is 0.897 bits per heavy atom. The van der Waals surface area contributed by atoms with Gasteiger partial charge in [-0.2, -0.15) is 0 Å². The van der Waals surface area contributed by atoms with Crippen molar-refractivity contribution < 1.29 is 25.9 Å². The van der Waals surface area contributed by atoms with Crippen LogP contribution >= 0.6 is 0 Å². The van der Waals surface area contributed by atoms with Crippen molar-refractivity contribution in [1.29, 1.82) is 0 Å². The normalized spacial score (nSPS) is 10.6. The molecule has 4 rings (SSSR count). The second-order valence-corrected chi connectivity index (χ2v) is 6.75. The van der Waals surface area contributed by atoms with Crippen LogP contribution in [0.25, 0.3) is 33.3 Å². The molecule has 0 fully saturated rings. The number of halogens is 1. The van der Waals surface area contributed by atoms with Crippen LogP contribution in [-0.2, 0) is 16.8 Å². The summed E-state index contributed by atoms with van der Waals surface area (Å²) in [6.07, 6.45) is 2.20.